The van der Waals surface area contributed by atoms with Crippen molar-refractivity contribution in [3.63, 3.8) is 0 Å². The maximum Gasteiger partial charge on any atom is 0.217 e. The zero-order valence-corrected chi connectivity index (χ0v) is 12.6. The van der Waals surface area contributed by atoms with Crippen LogP contribution in [0.2, 0.25) is 5.15 Å². The van der Waals surface area contributed by atoms with E-state index in [0.717, 1.165) is 42.5 Å². The van der Waals surface area contributed by atoms with Crippen molar-refractivity contribution >= 4 is 34.1 Å². The van der Waals surface area contributed by atoms with Crippen LogP contribution in [0.3, 0.4) is 0 Å². The van der Waals surface area contributed by atoms with Gasteiger partial charge >= 0.3 is 0 Å². The Morgan fingerprint density at radius 1 is 1.24 bits per heavy atom. The Balaban J connectivity index is 1.83. The third-order valence-electron chi connectivity index (χ3n) is 3.82. The number of carbonyl (C=O) groups excluding carboxylic acids is 1. The number of halogens is 1. The van der Waals surface area contributed by atoms with Gasteiger partial charge in [0.2, 0.25) is 5.91 Å². The summed E-state index contributed by atoms with van der Waals surface area (Å²) in [5.41, 5.74) is 0. The molecule has 0 saturated carbocycles. The lowest BCUT2D eigenvalue weighted by Gasteiger charge is -2.33. The first-order chi connectivity index (χ1) is 10.1. The van der Waals surface area contributed by atoms with E-state index in [-0.39, 0.29) is 11.9 Å². The fourth-order valence-corrected chi connectivity index (χ4v) is 3.02. The molecule has 0 bridgehead atoms. The van der Waals surface area contributed by atoms with Gasteiger partial charge in [0.05, 0.1) is 0 Å². The van der Waals surface area contributed by atoms with E-state index >= 15 is 0 Å². The van der Waals surface area contributed by atoms with Gasteiger partial charge < -0.3 is 10.2 Å². The van der Waals surface area contributed by atoms with Crippen LogP contribution in [0.1, 0.15) is 19.8 Å². The van der Waals surface area contributed by atoms with E-state index in [0.29, 0.717) is 5.15 Å². The summed E-state index contributed by atoms with van der Waals surface area (Å²) in [5.74, 6) is 0.904. The van der Waals surface area contributed by atoms with E-state index in [1.165, 1.54) is 0 Å². The van der Waals surface area contributed by atoms with Crippen molar-refractivity contribution in [2.45, 2.75) is 25.8 Å². The van der Waals surface area contributed by atoms with E-state index in [4.69, 9.17) is 11.6 Å². The van der Waals surface area contributed by atoms with E-state index in [2.05, 4.69) is 20.4 Å². The zero-order chi connectivity index (χ0) is 14.8. The molecule has 1 aliphatic heterocycles. The van der Waals surface area contributed by atoms with Gasteiger partial charge in [-0.15, -0.1) is 10.2 Å². The molecule has 21 heavy (non-hydrogen) atoms. The molecular formula is C15H17ClN4O. The van der Waals surface area contributed by atoms with Crippen molar-refractivity contribution in [2.24, 2.45) is 0 Å². The summed E-state index contributed by atoms with van der Waals surface area (Å²) in [4.78, 5) is 13.3. The summed E-state index contributed by atoms with van der Waals surface area (Å²) in [6, 6.07) is 8.16. The molecule has 2 aromatic rings. The average molecular weight is 305 g/mol. The molecule has 0 atom stereocenters. The average Bonchev–Trinajstić information content (AvgIpc) is 2.48. The van der Waals surface area contributed by atoms with Crippen LogP contribution in [0.25, 0.3) is 10.8 Å². The first-order valence-electron chi connectivity index (χ1n) is 7.08. The molecule has 0 radical (unpaired) electrons. The second kappa shape index (κ2) is 5.85. The molecule has 2 heterocycles. The Kier molecular flexibility index (Phi) is 3.92. The Labute approximate surface area is 128 Å². The van der Waals surface area contributed by atoms with Gasteiger partial charge in [-0.3, -0.25) is 4.79 Å². The van der Waals surface area contributed by atoms with Gasteiger partial charge in [0, 0.05) is 36.8 Å². The van der Waals surface area contributed by atoms with Gasteiger partial charge in [-0.1, -0.05) is 35.9 Å². The molecule has 0 unspecified atom stereocenters. The van der Waals surface area contributed by atoms with Crippen LogP contribution in [0.4, 0.5) is 5.82 Å². The van der Waals surface area contributed by atoms with E-state index in [1.54, 1.807) is 6.92 Å². The summed E-state index contributed by atoms with van der Waals surface area (Å²) < 4.78 is 0. The number of piperidine rings is 1. The highest BCUT2D eigenvalue weighted by Crippen LogP contribution is 2.29. The molecule has 6 heteroatoms. The van der Waals surface area contributed by atoms with Crippen LogP contribution in [-0.4, -0.2) is 35.2 Å². The molecule has 0 spiro atoms. The minimum Gasteiger partial charge on any atom is -0.354 e. The maximum absolute atomic E-state index is 11.1. The standard InChI is InChI=1S/C15H17ClN4O/c1-10(21)17-11-6-8-20(9-7-11)15-13-5-3-2-4-12(13)14(16)18-19-15/h2-5,11H,6-9H2,1H3,(H,17,21). The summed E-state index contributed by atoms with van der Waals surface area (Å²) in [7, 11) is 0. The predicted molar refractivity (Wildman–Crippen MR) is 83.6 cm³/mol. The fraction of sp³-hybridized carbons (Fsp3) is 0.400. The molecular weight excluding hydrogens is 288 g/mol. The van der Waals surface area contributed by atoms with Crippen molar-refractivity contribution in [3.05, 3.63) is 29.4 Å². The fourth-order valence-electron chi connectivity index (χ4n) is 2.81. The van der Waals surface area contributed by atoms with Crippen molar-refractivity contribution in [1.29, 1.82) is 0 Å². The van der Waals surface area contributed by atoms with Gasteiger partial charge in [-0.25, -0.2) is 0 Å². The number of nitrogens with zero attached hydrogens (tertiary/aromatic N) is 3. The molecule has 110 valence electrons. The van der Waals surface area contributed by atoms with Crippen LogP contribution in [0.5, 0.6) is 0 Å². The van der Waals surface area contributed by atoms with E-state index in [1.807, 2.05) is 24.3 Å². The SMILES string of the molecule is CC(=O)NC1CCN(c2nnc(Cl)c3ccccc23)CC1. The smallest absolute Gasteiger partial charge is 0.217 e. The van der Waals surface area contributed by atoms with Crippen molar-refractivity contribution in [1.82, 2.24) is 15.5 Å². The molecule has 0 aliphatic carbocycles. The number of rotatable bonds is 2. The molecule has 1 N–H and O–H groups in total. The molecule has 5 nitrogen and oxygen atoms in total. The van der Waals surface area contributed by atoms with Crippen molar-refractivity contribution in [2.75, 3.05) is 18.0 Å². The van der Waals surface area contributed by atoms with Crippen LogP contribution < -0.4 is 10.2 Å². The van der Waals surface area contributed by atoms with Crippen LogP contribution in [0.15, 0.2) is 24.3 Å². The van der Waals surface area contributed by atoms with Crippen LogP contribution >= 0.6 is 11.6 Å². The van der Waals surface area contributed by atoms with E-state index in [9.17, 15) is 4.79 Å². The summed E-state index contributed by atoms with van der Waals surface area (Å²) in [6.07, 6.45) is 1.83. The lowest BCUT2D eigenvalue weighted by atomic mass is 10.0. The number of benzene rings is 1. The largest absolute Gasteiger partial charge is 0.354 e. The number of hydrogen-bond acceptors (Lipinski definition) is 4. The number of anilines is 1. The Hall–Kier alpha value is -1.88. The number of carbonyl (C=O) groups is 1. The molecule has 1 aliphatic rings. The molecule has 1 aromatic heterocycles. The minimum atomic E-state index is 0.0326. The van der Waals surface area contributed by atoms with Crippen molar-refractivity contribution in [3.8, 4) is 0 Å². The van der Waals surface area contributed by atoms with E-state index < -0.39 is 0 Å². The summed E-state index contributed by atoms with van der Waals surface area (Å²) in [6.45, 7) is 3.26. The summed E-state index contributed by atoms with van der Waals surface area (Å²) >= 11 is 6.11. The zero-order valence-electron chi connectivity index (χ0n) is 11.8. The Morgan fingerprint density at radius 2 is 1.90 bits per heavy atom. The highest BCUT2D eigenvalue weighted by Gasteiger charge is 2.22. The Morgan fingerprint density at radius 3 is 2.57 bits per heavy atom. The first kappa shape index (κ1) is 14.1. The summed E-state index contributed by atoms with van der Waals surface area (Å²) in [5, 5.41) is 13.7. The monoisotopic (exact) mass is 304 g/mol. The lowest BCUT2D eigenvalue weighted by Crippen LogP contribution is -2.44. The quantitative estimate of drug-likeness (QED) is 0.925. The Bertz CT molecular complexity index is 668. The highest BCUT2D eigenvalue weighted by atomic mass is 35.5. The maximum atomic E-state index is 11.1. The van der Waals surface area contributed by atoms with Crippen LogP contribution in [-0.2, 0) is 4.79 Å². The number of amides is 1. The topological polar surface area (TPSA) is 58.1 Å². The van der Waals surface area contributed by atoms with Gasteiger partial charge in [-0.2, -0.15) is 0 Å². The molecule has 1 fully saturated rings. The molecule has 1 saturated heterocycles. The van der Waals surface area contributed by atoms with Gasteiger partial charge in [0.15, 0.2) is 11.0 Å². The first-order valence-corrected chi connectivity index (χ1v) is 7.46. The lowest BCUT2D eigenvalue weighted by molar-refractivity contribution is -0.119. The molecule has 3 rings (SSSR count). The third-order valence-corrected chi connectivity index (χ3v) is 4.10. The number of aromatic nitrogens is 2. The van der Waals surface area contributed by atoms with Gasteiger partial charge in [-0.05, 0) is 12.8 Å². The van der Waals surface area contributed by atoms with Gasteiger partial charge in [0.1, 0.15) is 0 Å². The predicted octanol–water partition coefficient (Wildman–Crippen LogP) is 2.39. The second-order valence-corrected chi connectivity index (χ2v) is 5.68. The molecule has 1 amide bonds. The van der Waals surface area contributed by atoms with Gasteiger partial charge in [0.25, 0.3) is 0 Å². The third kappa shape index (κ3) is 2.93. The highest BCUT2D eigenvalue weighted by molar-refractivity contribution is 6.34. The normalized spacial score (nSPS) is 16.2. The number of hydrogen-bond donors (Lipinski definition) is 1. The van der Waals surface area contributed by atoms with Crippen molar-refractivity contribution < 1.29 is 4.79 Å². The van der Waals surface area contributed by atoms with Crippen LogP contribution in [0, 0.1) is 0 Å². The number of nitrogens with one attached hydrogen (secondary N) is 1. The minimum absolute atomic E-state index is 0.0326. The molecule has 1 aromatic carbocycles. The second-order valence-electron chi connectivity index (χ2n) is 5.32. The number of fused-ring (bicyclic) bond motifs is 1.